The molecule has 39 valence electrons. The van der Waals surface area contributed by atoms with E-state index in [9.17, 15) is 0 Å². The number of rotatable bonds is 0. The van der Waals surface area contributed by atoms with Gasteiger partial charge in [0.2, 0.25) is 0 Å². The number of hydrogen-bond acceptors (Lipinski definition) is 3. The Labute approximate surface area is 96.5 Å². The molecule has 0 fully saturated rings. The monoisotopic (exact) mass is 211 g/mol. The average Bonchev–Trinajstić information content (AvgIpc) is 0.722. The van der Waals surface area contributed by atoms with Gasteiger partial charge in [-0.25, -0.2) is 0 Å². The maximum atomic E-state index is 8.69. The van der Waals surface area contributed by atoms with E-state index in [4.69, 9.17) is 15.7 Å². The fourth-order valence-electron chi connectivity index (χ4n) is 0. The van der Waals surface area contributed by atoms with E-state index in [1.165, 1.54) is 0 Å². The molecule has 0 rings (SSSR count). The van der Waals surface area contributed by atoms with Crippen molar-refractivity contribution in [1.29, 1.82) is 0 Å². The van der Waals surface area contributed by atoms with E-state index in [1.807, 2.05) is 0 Å². The first-order valence-electron chi connectivity index (χ1n) is 0.632. The minimum atomic E-state index is -5.38. The van der Waals surface area contributed by atoms with Gasteiger partial charge in [0.1, 0.15) is 0 Å². The molecule has 7 heavy (non-hydrogen) atoms. The summed E-state index contributed by atoms with van der Waals surface area (Å²) >= 11 is -5.38. The Kier molecular flexibility index (Phi) is 14.3. The second kappa shape index (κ2) is 6.22. The molecule has 0 aliphatic carbocycles. The molecule has 0 aromatic carbocycles. The third kappa shape index (κ3) is 68.3. The van der Waals surface area contributed by atoms with Crippen LogP contribution in [0.4, 0.5) is 0 Å². The van der Waals surface area contributed by atoms with Crippen LogP contribution in [0.5, 0.6) is 0 Å². The molecule has 0 unspecified atom stereocenters. The van der Waals surface area contributed by atoms with E-state index < -0.39 is 13.0 Å². The van der Waals surface area contributed by atoms with Gasteiger partial charge in [0.25, 0.3) is 0 Å². The maximum Gasteiger partial charge on any atom is 0 e. The summed E-state index contributed by atoms with van der Waals surface area (Å²) in [7, 11) is 0. The van der Waals surface area contributed by atoms with Crippen LogP contribution >= 0.6 is 0 Å². The van der Waals surface area contributed by atoms with Gasteiger partial charge in [0.05, 0.1) is 0 Å². The van der Waals surface area contributed by atoms with Crippen molar-refractivity contribution < 1.29 is 47.2 Å². The summed E-state index contributed by atoms with van der Waals surface area (Å²) < 4.78 is 33.1. The summed E-state index contributed by atoms with van der Waals surface area (Å²) in [4.78, 5) is 0. The van der Waals surface area contributed by atoms with E-state index in [0.717, 1.165) is 0 Å². The standard InChI is InChI=1S/K.Mn.H2O.3O.V.H/h;;1H2;;;;;/q;+1;;;;;;/p-1. The fourth-order valence-corrected chi connectivity index (χ4v) is 0. The normalized spacial score (nSPS) is 8.14. The van der Waals surface area contributed by atoms with Gasteiger partial charge in [0, 0.05) is 18.6 Å². The average molecular weight is 211 g/mol. The van der Waals surface area contributed by atoms with E-state index in [1.54, 1.807) is 0 Å². The van der Waals surface area contributed by atoms with Crippen LogP contribution in [0.1, 0.15) is 0 Å². The molecule has 0 atom stereocenters. The van der Waals surface area contributed by atoms with Crippen LogP contribution < -0.4 is 0 Å². The van der Waals surface area contributed by atoms with Gasteiger partial charge in [-0.05, 0) is 0 Å². The molecule has 0 bridgehead atoms. The molecule has 4 nitrogen and oxygen atoms in total. The smallest absolute Gasteiger partial charge is 0 e. The first-order valence-corrected chi connectivity index (χ1v) is 2.61. The number of hydrogen-bond donors (Lipinski definition) is 1. The third-order valence-corrected chi connectivity index (χ3v) is 0. The first-order chi connectivity index (χ1) is 2.00. The van der Waals surface area contributed by atoms with E-state index in [2.05, 4.69) is 0 Å². The zero-order chi connectivity index (χ0) is 4.50. The van der Waals surface area contributed by atoms with E-state index in [0.29, 0.717) is 0 Å². The molecule has 0 heterocycles. The Morgan fingerprint density at radius 1 is 1.14 bits per heavy atom. The summed E-state index contributed by atoms with van der Waals surface area (Å²) in [6, 6.07) is 0. The predicted octanol–water partition coefficient (Wildman–Crippen LogP) is -1.57. The molecule has 0 aliphatic rings. The minimum Gasteiger partial charge on any atom is 0 e. The van der Waals surface area contributed by atoms with Gasteiger partial charge in [-0.3, -0.25) is 0 Å². The zero-order valence-corrected chi connectivity index (χ0v) is 5.07. The summed E-state index contributed by atoms with van der Waals surface area (Å²) in [5.74, 6) is 0. The fraction of sp³-hybridized carbons (Fsp3) is 0. The summed E-state index contributed by atoms with van der Waals surface area (Å²) in [5.41, 5.74) is 0. The quantitative estimate of drug-likeness (QED) is 0.491. The maximum absolute atomic E-state index is 8.69. The Morgan fingerprint density at radius 2 is 1.14 bits per heavy atom. The largest absolute Gasteiger partial charge is 0 e. The van der Waals surface area contributed by atoms with Crippen LogP contribution in [0.2, 0.25) is 0 Å². The second-order valence-corrected chi connectivity index (χ2v) is 1.63. The molecular weight excluding hydrogens is 209 g/mol. The Bertz CT molecular complexity index is 133. The van der Waals surface area contributed by atoms with Crippen LogP contribution in [0, 0.1) is 0 Å². The van der Waals surface area contributed by atoms with Gasteiger partial charge >= 0.3 is 80.0 Å². The van der Waals surface area contributed by atoms with Crippen LogP contribution in [0.25, 0.3) is 0 Å². The SMILES string of the molecule is [KH].[O]=[Mn](=[O])(=[O])[OH].[V]. The van der Waals surface area contributed by atoms with Gasteiger partial charge in [-0.2, -0.15) is 0 Å². The predicted molar refractivity (Wildman–Crippen MR) is 11.4 cm³/mol. The molecule has 7 heteroatoms. The molecule has 0 saturated carbocycles. The first kappa shape index (κ1) is 16.0. The molecule has 0 saturated heterocycles. The summed E-state index contributed by atoms with van der Waals surface area (Å²) in [5, 5.41) is 0. The molecule has 1 N–H and O–H groups in total. The van der Waals surface area contributed by atoms with Gasteiger partial charge < -0.3 is 0 Å². The van der Waals surface area contributed by atoms with Crippen molar-refractivity contribution in [3.05, 3.63) is 0 Å². The van der Waals surface area contributed by atoms with Crippen molar-refractivity contribution in [3.8, 4) is 0 Å². The molecule has 0 aromatic rings. The van der Waals surface area contributed by atoms with Crippen molar-refractivity contribution in [2.75, 3.05) is 0 Å². The molecule has 0 aromatic heterocycles. The zero-order valence-electron chi connectivity index (χ0n) is 2.50. The Hall–Kier alpha value is 2.10. The van der Waals surface area contributed by atoms with Crippen molar-refractivity contribution in [2.45, 2.75) is 0 Å². The van der Waals surface area contributed by atoms with Crippen LogP contribution in [0.3, 0.4) is 0 Å². The summed E-state index contributed by atoms with van der Waals surface area (Å²) in [6.45, 7) is 0. The Morgan fingerprint density at radius 3 is 1.14 bits per heavy atom. The van der Waals surface area contributed by atoms with Crippen molar-refractivity contribution in [3.63, 3.8) is 0 Å². The molecule has 0 aliphatic heterocycles. The van der Waals surface area contributed by atoms with Crippen LogP contribution in [-0.2, 0) is 43.0 Å². The topological polar surface area (TPSA) is 71.4 Å². The minimum absolute atomic E-state index is 0. The van der Waals surface area contributed by atoms with Gasteiger partial charge in [-0.15, -0.1) is 0 Å². The molecule has 0 spiro atoms. The van der Waals surface area contributed by atoms with Gasteiger partial charge in [0.15, 0.2) is 0 Å². The van der Waals surface area contributed by atoms with E-state index >= 15 is 0 Å². The van der Waals surface area contributed by atoms with Crippen molar-refractivity contribution in [2.24, 2.45) is 0 Å². The van der Waals surface area contributed by atoms with Crippen LogP contribution in [-0.4, -0.2) is 55.6 Å². The third-order valence-electron chi connectivity index (χ3n) is 0. The van der Waals surface area contributed by atoms with Crippen LogP contribution in [0.15, 0.2) is 0 Å². The van der Waals surface area contributed by atoms with Crippen molar-refractivity contribution >= 4 is 51.4 Å². The van der Waals surface area contributed by atoms with Crippen molar-refractivity contribution in [1.82, 2.24) is 0 Å². The molecular formula is H2KMnO4V. The molecule has 0 amide bonds. The Balaban J connectivity index is -0.0000000800. The molecule has 1 radical (unpaired) electrons. The summed E-state index contributed by atoms with van der Waals surface area (Å²) in [6.07, 6.45) is 0. The van der Waals surface area contributed by atoms with Gasteiger partial charge in [-0.1, -0.05) is 0 Å². The van der Waals surface area contributed by atoms with E-state index in [-0.39, 0.29) is 69.9 Å². The second-order valence-electron chi connectivity index (χ2n) is 0.396.